The number of carbonyl (C=O) groups excluding carboxylic acids is 1. The third-order valence-electron chi connectivity index (χ3n) is 4.48. The summed E-state index contributed by atoms with van der Waals surface area (Å²) in [5.41, 5.74) is 1.68. The van der Waals surface area contributed by atoms with Gasteiger partial charge in [0.1, 0.15) is 23.0 Å². The molecule has 2 atom stereocenters. The van der Waals surface area contributed by atoms with Gasteiger partial charge >= 0.3 is 0 Å². The van der Waals surface area contributed by atoms with Crippen molar-refractivity contribution in [1.82, 2.24) is 4.90 Å². The van der Waals surface area contributed by atoms with Crippen LogP contribution in [0.4, 0.5) is 10.1 Å². The zero-order chi connectivity index (χ0) is 18.3. The van der Waals surface area contributed by atoms with Crippen molar-refractivity contribution in [1.29, 1.82) is 0 Å². The molecule has 0 radical (unpaired) electrons. The summed E-state index contributed by atoms with van der Waals surface area (Å²) in [6.07, 6.45) is 0. The molecule has 7 heteroatoms. The van der Waals surface area contributed by atoms with Crippen molar-refractivity contribution in [3.63, 3.8) is 0 Å². The van der Waals surface area contributed by atoms with Crippen LogP contribution in [0.15, 0.2) is 48.5 Å². The molecule has 2 aliphatic rings. The first-order valence-electron chi connectivity index (χ1n) is 8.36. The molecular weight excluding hydrogens is 371 g/mol. The molecule has 2 aliphatic heterocycles. The lowest BCUT2D eigenvalue weighted by Crippen LogP contribution is -2.33. The highest BCUT2D eigenvalue weighted by Gasteiger charge is 2.50. The van der Waals surface area contributed by atoms with E-state index in [0.29, 0.717) is 23.2 Å². The standard InChI is InChI=1S/C19H17FN2O2S2/c1-2-24-15-9-3-12(4-10-15)18-22-16(11-26-18)17(23)21(19(22)25)14-7-5-13(20)6-8-14/h3-10,16,18H,2,11H2,1H3/t16-,18?/m1/s1. The van der Waals surface area contributed by atoms with Crippen LogP contribution in [0.5, 0.6) is 5.75 Å². The Balaban J connectivity index is 1.61. The van der Waals surface area contributed by atoms with Gasteiger partial charge in [-0.2, -0.15) is 0 Å². The van der Waals surface area contributed by atoms with Crippen LogP contribution >= 0.6 is 24.0 Å². The Morgan fingerprint density at radius 1 is 1.19 bits per heavy atom. The van der Waals surface area contributed by atoms with Crippen molar-refractivity contribution in [2.45, 2.75) is 18.3 Å². The molecule has 0 saturated carbocycles. The van der Waals surface area contributed by atoms with E-state index in [2.05, 4.69) is 0 Å². The Morgan fingerprint density at radius 2 is 1.88 bits per heavy atom. The molecule has 2 aromatic rings. The molecule has 0 N–H and O–H groups in total. The van der Waals surface area contributed by atoms with Gasteiger partial charge in [0, 0.05) is 5.75 Å². The van der Waals surface area contributed by atoms with Crippen molar-refractivity contribution in [2.24, 2.45) is 0 Å². The van der Waals surface area contributed by atoms with E-state index in [4.69, 9.17) is 17.0 Å². The van der Waals surface area contributed by atoms with Gasteiger partial charge in [0.2, 0.25) is 0 Å². The maximum Gasteiger partial charge on any atom is 0.257 e. The van der Waals surface area contributed by atoms with Crippen LogP contribution < -0.4 is 9.64 Å². The smallest absolute Gasteiger partial charge is 0.257 e. The fraction of sp³-hybridized carbons (Fsp3) is 0.263. The Bertz CT molecular complexity index is 842. The summed E-state index contributed by atoms with van der Waals surface area (Å²) in [6.45, 7) is 2.57. The predicted molar refractivity (Wildman–Crippen MR) is 105 cm³/mol. The lowest BCUT2D eigenvalue weighted by Gasteiger charge is -2.25. The summed E-state index contributed by atoms with van der Waals surface area (Å²) in [4.78, 5) is 16.4. The monoisotopic (exact) mass is 388 g/mol. The van der Waals surface area contributed by atoms with Crippen molar-refractivity contribution < 1.29 is 13.9 Å². The fourth-order valence-electron chi connectivity index (χ4n) is 3.27. The Hall–Kier alpha value is -2.12. The van der Waals surface area contributed by atoms with Gasteiger partial charge in [-0.1, -0.05) is 12.1 Å². The number of benzene rings is 2. The highest BCUT2D eigenvalue weighted by molar-refractivity contribution is 7.99. The number of hydrogen-bond acceptors (Lipinski definition) is 4. The Kier molecular flexibility index (Phi) is 4.58. The maximum absolute atomic E-state index is 13.2. The van der Waals surface area contributed by atoms with Gasteiger partial charge in [0.15, 0.2) is 5.11 Å². The number of fused-ring (bicyclic) bond motifs is 1. The topological polar surface area (TPSA) is 32.8 Å². The number of nitrogens with zero attached hydrogens (tertiary/aromatic N) is 2. The SMILES string of the molecule is CCOc1ccc(C2SC[C@@H]3C(=O)N(c4ccc(F)cc4)C(=S)N23)cc1. The number of anilines is 1. The third kappa shape index (κ3) is 2.85. The van der Waals surface area contributed by atoms with Gasteiger partial charge in [-0.25, -0.2) is 4.39 Å². The number of amides is 1. The van der Waals surface area contributed by atoms with Crippen molar-refractivity contribution in [3.8, 4) is 5.75 Å². The predicted octanol–water partition coefficient (Wildman–Crippen LogP) is 3.97. The van der Waals surface area contributed by atoms with Crippen molar-refractivity contribution >= 4 is 40.7 Å². The summed E-state index contributed by atoms with van der Waals surface area (Å²) >= 11 is 7.32. The molecule has 0 aromatic heterocycles. The van der Waals surface area contributed by atoms with Gasteiger partial charge in [-0.3, -0.25) is 9.69 Å². The summed E-state index contributed by atoms with van der Waals surface area (Å²) in [5.74, 6) is 1.11. The average molecular weight is 388 g/mol. The molecule has 2 saturated heterocycles. The molecule has 1 unspecified atom stereocenters. The van der Waals surface area contributed by atoms with Gasteiger partial charge in [0.25, 0.3) is 5.91 Å². The maximum atomic E-state index is 13.2. The van der Waals surface area contributed by atoms with E-state index >= 15 is 0 Å². The van der Waals surface area contributed by atoms with Crippen LogP contribution in [0.1, 0.15) is 17.9 Å². The van der Waals surface area contributed by atoms with Gasteiger partial charge in [-0.05, 0) is 61.1 Å². The quantitative estimate of drug-likeness (QED) is 0.740. The number of rotatable bonds is 4. The summed E-state index contributed by atoms with van der Waals surface area (Å²) in [5, 5.41) is 0.452. The molecule has 0 spiro atoms. The lowest BCUT2D eigenvalue weighted by atomic mass is 10.2. The second kappa shape index (κ2) is 6.89. The first kappa shape index (κ1) is 17.3. The van der Waals surface area contributed by atoms with E-state index in [0.717, 1.165) is 11.3 Å². The molecule has 0 bridgehead atoms. The van der Waals surface area contributed by atoms with Gasteiger partial charge in [-0.15, -0.1) is 11.8 Å². The minimum absolute atomic E-state index is 0.0161. The van der Waals surface area contributed by atoms with E-state index in [1.165, 1.54) is 17.0 Å². The van der Waals surface area contributed by atoms with E-state index in [-0.39, 0.29) is 23.1 Å². The van der Waals surface area contributed by atoms with E-state index < -0.39 is 0 Å². The van der Waals surface area contributed by atoms with Crippen molar-refractivity contribution in [3.05, 3.63) is 59.9 Å². The van der Waals surface area contributed by atoms with Crippen LogP contribution in [0, 0.1) is 5.82 Å². The van der Waals surface area contributed by atoms with E-state index in [9.17, 15) is 9.18 Å². The molecule has 134 valence electrons. The molecule has 4 rings (SSSR count). The first-order valence-corrected chi connectivity index (χ1v) is 9.82. The number of hydrogen-bond donors (Lipinski definition) is 0. The van der Waals surface area contributed by atoms with E-state index in [1.54, 1.807) is 23.9 Å². The molecule has 4 nitrogen and oxygen atoms in total. The first-order chi connectivity index (χ1) is 12.6. The Labute approximate surface area is 160 Å². The van der Waals surface area contributed by atoms with Crippen LogP contribution in [0.2, 0.25) is 0 Å². The molecule has 1 amide bonds. The van der Waals surface area contributed by atoms with Crippen molar-refractivity contribution in [2.75, 3.05) is 17.3 Å². The average Bonchev–Trinajstić information content (AvgIpc) is 3.18. The summed E-state index contributed by atoms with van der Waals surface area (Å²) in [6, 6.07) is 13.5. The fourth-order valence-corrected chi connectivity index (χ4v) is 5.19. The number of ether oxygens (including phenoxy) is 1. The highest BCUT2D eigenvalue weighted by atomic mass is 32.2. The third-order valence-corrected chi connectivity index (χ3v) is 6.20. The molecule has 26 heavy (non-hydrogen) atoms. The second-order valence-electron chi connectivity index (χ2n) is 6.04. The molecule has 2 heterocycles. The summed E-state index contributed by atoms with van der Waals surface area (Å²) in [7, 11) is 0. The zero-order valence-electron chi connectivity index (χ0n) is 14.1. The molecule has 0 aliphatic carbocycles. The van der Waals surface area contributed by atoms with Crippen LogP contribution in [0.3, 0.4) is 0 Å². The van der Waals surface area contributed by atoms with E-state index in [1.807, 2.05) is 36.1 Å². The normalized spacial score (nSPS) is 22.1. The number of halogens is 1. The Morgan fingerprint density at radius 3 is 2.54 bits per heavy atom. The van der Waals surface area contributed by atoms with Gasteiger partial charge < -0.3 is 9.64 Å². The van der Waals surface area contributed by atoms with Crippen LogP contribution in [0.25, 0.3) is 0 Å². The number of thiocarbonyl (C=S) groups is 1. The van der Waals surface area contributed by atoms with Crippen LogP contribution in [-0.4, -0.2) is 34.3 Å². The highest BCUT2D eigenvalue weighted by Crippen LogP contribution is 2.46. The lowest BCUT2D eigenvalue weighted by molar-refractivity contribution is -0.119. The molecule has 2 aromatic carbocycles. The number of carbonyl (C=O) groups is 1. The van der Waals surface area contributed by atoms with Crippen LogP contribution in [-0.2, 0) is 4.79 Å². The number of thioether (sulfide) groups is 1. The molecule has 2 fully saturated rings. The molecular formula is C19H17FN2O2S2. The second-order valence-corrected chi connectivity index (χ2v) is 7.52. The summed E-state index contributed by atoms with van der Waals surface area (Å²) < 4.78 is 18.7. The minimum Gasteiger partial charge on any atom is -0.494 e. The minimum atomic E-state index is -0.338. The largest absolute Gasteiger partial charge is 0.494 e. The zero-order valence-corrected chi connectivity index (χ0v) is 15.7. The van der Waals surface area contributed by atoms with Gasteiger partial charge in [0.05, 0.1) is 12.3 Å².